The van der Waals surface area contributed by atoms with Gasteiger partial charge in [-0.1, -0.05) is 23.7 Å². The molecule has 0 fully saturated rings. The molecule has 0 heterocycles. The molecule has 0 radical (unpaired) electrons. The van der Waals surface area contributed by atoms with E-state index in [1.54, 1.807) is 24.3 Å². The maximum Gasteiger partial charge on any atom is 0.343 e. The second-order valence-corrected chi connectivity index (χ2v) is 5.97. The summed E-state index contributed by atoms with van der Waals surface area (Å²) < 4.78 is 10.6. The summed E-state index contributed by atoms with van der Waals surface area (Å²) in [5.41, 5.74) is 0.249. The van der Waals surface area contributed by atoms with E-state index < -0.39 is 16.9 Å². The van der Waals surface area contributed by atoms with Crippen molar-refractivity contribution in [3.05, 3.63) is 99.1 Å². The van der Waals surface area contributed by atoms with Crippen molar-refractivity contribution in [3.8, 4) is 11.5 Å². The number of carbonyl (C=O) groups is 2. The molecule has 3 aromatic rings. The average Bonchev–Trinajstić information content (AvgIpc) is 2.70. The van der Waals surface area contributed by atoms with Crippen LogP contribution in [0.15, 0.2) is 72.8 Å². The van der Waals surface area contributed by atoms with Crippen molar-refractivity contribution in [1.29, 1.82) is 0 Å². The van der Waals surface area contributed by atoms with E-state index >= 15 is 0 Å². The lowest BCUT2D eigenvalue weighted by molar-refractivity contribution is -0.384. The van der Waals surface area contributed by atoms with Gasteiger partial charge in [0.25, 0.3) is 5.69 Å². The molecule has 0 saturated carbocycles. The molecular formula is C20H12ClNO6. The predicted octanol–water partition coefficient (Wildman–Crippen LogP) is 4.69. The summed E-state index contributed by atoms with van der Waals surface area (Å²) in [6, 6.07) is 17.3. The molecule has 0 aromatic heterocycles. The number of ether oxygens (including phenoxy) is 2. The van der Waals surface area contributed by atoms with Crippen LogP contribution < -0.4 is 9.47 Å². The third-order valence-corrected chi connectivity index (χ3v) is 3.90. The molecule has 0 aliphatic carbocycles. The van der Waals surface area contributed by atoms with E-state index in [0.29, 0.717) is 5.02 Å². The molecule has 8 heteroatoms. The quantitative estimate of drug-likeness (QED) is 0.268. The number of nitrogens with zero attached hydrogens (tertiary/aromatic N) is 1. The minimum atomic E-state index is -0.745. The lowest BCUT2D eigenvalue weighted by atomic mass is 10.2. The van der Waals surface area contributed by atoms with Crippen LogP contribution in [-0.4, -0.2) is 16.9 Å². The Morgan fingerprint density at radius 1 is 0.750 bits per heavy atom. The largest absolute Gasteiger partial charge is 0.419 e. The Morgan fingerprint density at radius 3 is 1.61 bits per heavy atom. The van der Waals surface area contributed by atoms with Crippen LogP contribution in [0, 0.1) is 10.1 Å². The number of hydrogen-bond acceptors (Lipinski definition) is 6. The molecule has 28 heavy (non-hydrogen) atoms. The van der Waals surface area contributed by atoms with Gasteiger partial charge in [-0.3, -0.25) is 10.1 Å². The van der Waals surface area contributed by atoms with E-state index in [1.165, 1.54) is 48.5 Å². The Hall–Kier alpha value is -3.71. The van der Waals surface area contributed by atoms with Gasteiger partial charge in [0, 0.05) is 17.2 Å². The molecule has 0 atom stereocenters. The molecule has 3 rings (SSSR count). The minimum Gasteiger partial charge on any atom is -0.419 e. The lowest BCUT2D eigenvalue weighted by Crippen LogP contribution is -2.12. The van der Waals surface area contributed by atoms with Crippen LogP contribution in [0.2, 0.25) is 5.02 Å². The SMILES string of the molecule is O=C(Oc1ccccc1OC(=O)c1ccc([N+](=O)[O-])cc1)c1ccc(Cl)cc1. The Balaban J connectivity index is 1.76. The third-order valence-electron chi connectivity index (χ3n) is 3.65. The number of benzene rings is 3. The van der Waals surface area contributed by atoms with E-state index in [0.717, 1.165) is 0 Å². The highest BCUT2D eigenvalue weighted by molar-refractivity contribution is 6.30. The van der Waals surface area contributed by atoms with Crippen LogP contribution in [0.3, 0.4) is 0 Å². The minimum absolute atomic E-state index is 0.0353. The maximum absolute atomic E-state index is 12.3. The van der Waals surface area contributed by atoms with E-state index in [1.807, 2.05) is 0 Å². The topological polar surface area (TPSA) is 95.7 Å². The van der Waals surface area contributed by atoms with E-state index in [2.05, 4.69) is 0 Å². The zero-order chi connectivity index (χ0) is 20.1. The fourth-order valence-electron chi connectivity index (χ4n) is 2.24. The number of hydrogen-bond donors (Lipinski definition) is 0. The maximum atomic E-state index is 12.3. The molecular weight excluding hydrogens is 386 g/mol. The van der Waals surface area contributed by atoms with Crippen molar-refractivity contribution >= 4 is 29.2 Å². The van der Waals surface area contributed by atoms with E-state index in [4.69, 9.17) is 21.1 Å². The first kappa shape index (κ1) is 19.1. The average molecular weight is 398 g/mol. The van der Waals surface area contributed by atoms with Gasteiger partial charge in [-0.05, 0) is 48.5 Å². The summed E-state index contributed by atoms with van der Waals surface area (Å²) in [6.07, 6.45) is 0. The third kappa shape index (κ3) is 4.52. The molecule has 0 unspecified atom stereocenters. The second kappa shape index (κ2) is 8.32. The fourth-order valence-corrected chi connectivity index (χ4v) is 2.37. The van der Waals surface area contributed by atoms with Gasteiger partial charge in [0.15, 0.2) is 11.5 Å². The summed E-state index contributed by atoms with van der Waals surface area (Å²) in [6.45, 7) is 0. The van der Waals surface area contributed by atoms with Gasteiger partial charge in [0.1, 0.15) is 0 Å². The van der Waals surface area contributed by atoms with Crippen LogP contribution in [0.1, 0.15) is 20.7 Å². The van der Waals surface area contributed by atoms with Crippen molar-refractivity contribution in [2.24, 2.45) is 0 Å². The smallest absolute Gasteiger partial charge is 0.343 e. The number of para-hydroxylation sites is 2. The Bertz CT molecular complexity index is 1030. The molecule has 7 nitrogen and oxygen atoms in total. The Labute approximate surface area is 164 Å². The van der Waals surface area contributed by atoms with Crippen LogP contribution in [0.4, 0.5) is 5.69 Å². The summed E-state index contributed by atoms with van der Waals surface area (Å²) in [5.74, 6) is -1.30. The molecule has 0 amide bonds. The first-order chi connectivity index (χ1) is 13.4. The van der Waals surface area contributed by atoms with Gasteiger partial charge in [-0.2, -0.15) is 0 Å². The van der Waals surface area contributed by atoms with Gasteiger partial charge in [0.2, 0.25) is 0 Å². The molecule has 0 N–H and O–H groups in total. The molecule has 0 bridgehead atoms. The number of non-ortho nitro benzene ring substituents is 1. The highest BCUT2D eigenvalue weighted by Crippen LogP contribution is 2.28. The monoisotopic (exact) mass is 397 g/mol. The Morgan fingerprint density at radius 2 is 1.18 bits per heavy atom. The fraction of sp³-hybridized carbons (Fsp3) is 0. The van der Waals surface area contributed by atoms with Crippen LogP contribution in [0.25, 0.3) is 0 Å². The second-order valence-electron chi connectivity index (χ2n) is 5.54. The first-order valence-corrected chi connectivity index (χ1v) is 8.35. The number of carbonyl (C=O) groups excluding carboxylic acids is 2. The van der Waals surface area contributed by atoms with Crippen molar-refractivity contribution in [3.63, 3.8) is 0 Å². The van der Waals surface area contributed by atoms with Gasteiger partial charge in [-0.25, -0.2) is 9.59 Å². The molecule has 0 spiro atoms. The first-order valence-electron chi connectivity index (χ1n) is 7.97. The summed E-state index contributed by atoms with van der Waals surface area (Å²) >= 11 is 5.80. The number of rotatable bonds is 5. The van der Waals surface area contributed by atoms with E-state index in [9.17, 15) is 19.7 Å². The summed E-state index contributed by atoms with van der Waals surface area (Å²) in [7, 11) is 0. The Kier molecular flexibility index (Phi) is 5.67. The van der Waals surface area contributed by atoms with Gasteiger partial charge in [0.05, 0.1) is 16.1 Å². The highest BCUT2D eigenvalue weighted by Gasteiger charge is 2.16. The molecule has 0 aliphatic heterocycles. The van der Waals surface area contributed by atoms with Gasteiger partial charge in [-0.15, -0.1) is 0 Å². The van der Waals surface area contributed by atoms with E-state index in [-0.39, 0.29) is 28.3 Å². The lowest BCUT2D eigenvalue weighted by Gasteiger charge is -2.10. The van der Waals surface area contributed by atoms with Gasteiger partial charge < -0.3 is 9.47 Å². The van der Waals surface area contributed by atoms with Crippen LogP contribution >= 0.6 is 11.6 Å². The van der Waals surface area contributed by atoms with Crippen LogP contribution in [-0.2, 0) is 0 Å². The standard InChI is InChI=1S/C20H12ClNO6/c21-15-9-5-13(6-10-15)19(23)27-17-3-1-2-4-18(17)28-20(24)14-7-11-16(12-8-14)22(25)26/h1-12H. The predicted molar refractivity (Wildman–Crippen MR) is 101 cm³/mol. The summed E-state index contributed by atoms with van der Waals surface area (Å²) in [4.78, 5) is 34.7. The highest BCUT2D eigenvalue weighted by atomic mass is 35.5. The number of nitro benzene ring substituents is 1. The van der Waals surface area contributed by atoms with Crippen molar-refractivity contribution in [2.45, 2.75) is 0 Å². The summed E-state index contributed by atoms with van der Waals surface area (Å²) in [5, 5.41) is 11.2. The number of halogens is 1. The zero-order valence-electron chi connectivity index (χ0n) is 14.2. The molecule has 0 saturated heterocycles. The number of esters is 2. The van der Waals surface area contributed by atoms with Crippen molar-refractivity contribution in [2.75, 3.05) is 0 Å². The zero-order valence-corrected chi connectivity index (χ0v) is 15.0. The molecule has 0 aliphatic rings. The normalized spacial score (nSPS) is 10.2. The van der Waals surface area contributed by atoms with Gasteiger partial charge >= 0.3 is 11.9 Å². The number of nitro groups is 1. The molecule has 140 valence electrons. The molecule has 3 aromatic carbocycles. The van der Waals surface area contributed by atoms with Crippen molar-refractivity contribution in [1.82, 2.24) is 0 Å². The van der Waals surface area contributed by atoms with Crippen LogP contribution in [0.5, 0.6) is 11.5 Å². The van der Waals surface area contributed by atoms with Crippen molar-refractivity contribution < 1.29 is 24.0 Å².